The summed E-state index contributed by atoms with van der Waals surface area (Å²) >= 11 is 3.38. The standard InChI is InChI=1S/C18H25BrO4/c1-10(2)7-15(17(20)21)13-6-5-12(19)9-14(13)16(18(22)23)8-11(3)4/h5-6,9-11,15-16H,7-8H2,1-4H3,(H,20,21)(H,22,23). The molecule has 2 unspecified atom stereocenters. The summed E-state index contributed by atoms with van der Waals surface area (Å²) in [6.45, 7) is 7.88. The first kappa shape index (κ1) is 19.7. The van der Waals surface area contributed by atoms with Crippen LogP contribution in [0.5, 0.6) is 0 Å². The zero-order chi connectivity index (χ0) is 17.7. The number of rotatable bonds is 8. The van der Waals surface area contributed by atoms with E-state index < -0.39 is 23.8 Å². The second-order valence-electron chi connectivity index (χ2n) is 6.81. The summed E-state index contributed by atoms with van der Waals surface area (Å²) in [6, 6.07) is 5.28. The maximum Gasteiger partial charge on any atom is 0.310 e. The van der Waals surface area contributed by atoms with E-state index in [0.717, 1.165) is 4.47 Å². The Hall–Kier alpha value is -1.36. The maximum absolute atomic E-state index is 11.8. The zero-order valence-electron chi connectivity index (χ0n) is 14.0. The number of aliphatic carboxylic acids is 2. The molecule has 0 aliphatic heterocycles. The smallest absolute Gasteiger partial charge is 0.310 e. The Morgan fingerprint density at radius 3 is 1.74 bits per heavy atom. The van der Waals surface area contributed by atoms with Crippen LogP contribution in [0.15, 0.2) is 22.7 Å². The second-order valence-corrected chi connectivity index (χ2v) is 7.73. The normalized spacial score (nSPS) is 14.0. The van der Waals surface area contributed by atoms with Crippen molar-refractivity contribution in [3.05, 3.63) is 33.8 Å². The first-order chi connectivity index (χ1) is 10.6. The molecule has 0 spiro atoms. The molecule has 0 fully saturated rings. The first-order valence-corrected chi connectivity index (χ1v) is 8.67. The van der Waals surface area contributed by atoms with Gasteiger partial charge in [0.15, 0.2) is 0 Å². The summed E-state index contributed by atoms with van der Waals surface area (Å²) in [5.74, 6) is -2.79. The third kappa shape index (κ3) is 5.65. The van der Waals surface area contributed by atoms with Gasteiger partial charge < -0.3 is 10.2 Å². The van der Waals surface area contributed by atoms with Gasteiger partial charge in [-0.3, -0.25) is 9.59 Å². The number of halogens is 1. The third-order valence-corrected chi connectivity index (χ3v) is 4.30. The van der Waals surface area contributed by atoms with E-state index in [1.165, 1.54) is 0 Å². The van der Waals surface area contributed by atoms with Gasteiger partial charge in [0.25, 0.3) is 0 Å². The van der Waals surface area contributed by atoms with Crippen LogP contribution >= 0.6 is 15.9 Å². The largest absolute Gasteiger partial charge is 0.481 e. The number of hydrogen-bond acceptors (Lipinski definition) is 2. The molecule has 0 amide bonds. The van der Waals surface area contributed by atoms with Crippen LogP contribution in [0, 0.1) is 11.8 Å². The van der Waals surface area contributed by atoms with Crippen LogP contribution in [0.4, 0.5) is 0 Å². The predicted molar refractivity (Wildman–Crippen MR) is 93.8 cm³/mol. The highest BCUT2D eigenvalue weighted by Gasteiger charge is 2.30. The van der Waals surface area contributed by atoms with E-state index >= 15 is 0 Å². The molecule has 0 aromatic heterocycles. The van der Waals surface area contributed by atoms with E-state index in [2.05, 4.69) is 15.9 Å². The molecule has 128 valence electrons. The van der Waals surface area contributed by atoms with Crippen molar-refractivity contribution < 1.29 is 19.8 Å². The molecule has 1 aromatic carbocycles. The minimum atomic E-state index is -0.910. The number of hydrogen-bond donors (Lipinski definition) is 2. The SMILES string of the molecule is CC(C)CC(C(=O)O)c1ccc(Br)cc1C(CC(C)C)C(=O)O. The summed E-state index contributed by atoms with van der Waals surface area (Å²) in [4.78, 5) is 23.5. The molecule has 1 rings (SSSR count). The van der Waals surface area contributed by atoms with E-state index in [4.69, 9.17) is 0 Å². The Bertz CT molecular complexity index is 566. The van der Waals surface area contributed by atoms with E-state index in [1.807, 2.05) is 27.7 Å². The zero-order valence-corrected chi connectivity index (χ0v) is 15.6. The van der Waals surface area contributed by atoms with Gasteiger partial charge >= 0.3 is 11.9 Å². The van der Waals surface area contributed by atoms with Gasteiger partial charge in [-0.15, -0.1) is 0 Å². The lowest BCUT2D eigenvalue weighted by Gasteiger charge is -2.23. The van der Waals surface area contributed by atoms with Gasteiger partial charge in [0.1, 0.15) is 0 Å². The molecule has 0 saturated carbocycles. The molecule has 0 bridgehead atoms. The lowest BCUT2D eigenvalue weighted by atomic mass is 9.81. The highest BCUT2D eigenvalue weighted by atomic mass is 79.9. The van der Waals surface area contributed by atoms with Crippen molar-refractivity contribution in [2.45, 2.75) is 52.4 Å². The molecule has 0 saturated heterocycles. The van der Waals surface area contributed by atoms with Gasteiger partial charge in [0.2, 0.25) is 0 Å². The van der Waals surface area contributed by atoms with E-state index in [1.54, 1.807) is 18.2 Å². The Labute approximate surface area is 146 Å². The van der Waals surface area contributed by atoms with E-state index in [9.17, 15) is 19.8 Å². The fourth-order valence-electron chi connectivity index (χ4n) is 2.83. The van der Waals surface area contributed by atoms with Crippen molar-refractivity contribution >= 4 is 27.9 Å². The molecule has 23 heavy (non-hydrogen) atoms. The van der Waals surface area contributed by atoms with Crippen molar-refractivity contribution in [1.29, 1.82) is 0 Å². The van der Waals surface area contributed by atoms with E-state index in [-0.39, 0.29) is 11.8 Å². The second kappa shape index (κ2) is 8.48. The van der Waals surface area contributed by atoms with Crippen LogP contribution in [0.2, 0.25) is 0 Å². The minimum absolute atomic E-state index is 0.205. The molecule has 0 radical (unpaired) electrons. The third-order valence-electron chi connectivity index (χ3n) is 3.81. The Balaban J connectivity index is 3.42. The highest BCUT2D eigenvalue weighted by Crippen LogP contribution is 2.35. The number of carboxylic acids is 2. The van der Waals surface area contributed by atoms with Gasteiger partial charge in [-0.1, -0.05) is 49.7 Å². The summed E-state index contributed by atoms with van der Waals surface area (Å²) in [5.41, 5.74) is 1.22. The molecule has 0 heterocycles. The average Bonchev–Trinajstić information content (AvgIpc) is 2.41. The molecule has 0 aliphatic carbocycles. The highest BCUT2D eigenvalue weighted by molar-refractivity contribution is 9.10. The molecular weight excluding hydrogens is 360 g/mol. The molecular formula is C18H25BrO4. The topological polar surface area (TPSA) is 74.6 Å². The van der Waals surface area contributed by atoms with Crippen molar-refractivity contribution in [1.82, 2.24) is 0 Å². The molecule has 0 aliphatic rings. The summed E-state index contributed by atoms with van der Waals surface area (Å²) in [7, 11) is 0. The fourth-order valence-corrected chi connectivity index (χ4v) is 3.21. The van der Waals surface area contributed by atoms with Crippen molar-refractivity contribution in [3.8, 4) is 0 Å². The molecule has 2 N–H and O–H groups in total. The Kier molecular flexibility index (Phi) is 7.26. The quantitative estimate of drug-likeness (QED) is 0.669. The summed E-state index contributed by atoms with van der Waals surface area (Å²) < 4.78 is 0.764. The molecule has 4 nitrogen and oxygen atoms in total. The van der Waals surface area contributed by atoms with E-state index in [0.29, 0.717) is 24.0 Å². The van der Waals surface area contributed by atoms with Crippen LogP contribution in [0.3, 0.4) is 0 Å². The number of benzene rings is 1. The number of carbonyl (C=O) groups is 2. The average molecular weight is 385 g/mol. The fraction of sp³-hybridized carbons (Fsp3) is 0.556. The van der Waals surface area contributed by atoms with Gasteiger partial charge in [-0.25, -0.2) is 0 Å². The first-order valence-electron chi connectivity index (χ1n) is 7.88. The van der Waals surface area contributed by atoms with Crippen LogP contribution in [-0.4, -0.2) is 22.2 Å². The molecule has 1 aromatic rings. The van der Waals surface area contributed by atoms with Crippen molar-refractivity contribution in [2.75, 3.05) is 0 Å². The van der Waals surface area contributed by atoms with Gasteiger partial charge in [0.05, 0.1) is 11.8 Å². The maximum atomic E-state index is 11.8. The van der Waals surface area contributed by atoms with Crippen LogP contribution in [-0.2, 0) is 9.59 Å². The van der Waals surface area contributed by atoms with Gasteiger partial charge in [-0.05, 0) is 47.9 Å². The Morgan fingerprint density at radius 1 is 0.913 bits per heavy atom. The lowest BCUT2D eigenvalue weighted by molar-refractivity contribution is -0.140. The minimum Gasteiger partial charge on any atom is -0.481 e. The molecule has 5 heteroatoms. The monoisotopic (exact) mass is 384 g/mol. The predicted octanol–water partition coefficient (Wildman–Crippen LogP) is 4.88. The van der Waals surface area contributed by atoms with Crippen LogP contribution in [0.1, 0.15) is 63.5 Å². The van der Waals surface area contributed by atoms with Crippen LogP contribution in [0.25, 0.3) is 0 Å². The number of carboxylic acid groups (broad SMARTS) is 2. The van der Waals surface area contributed by atoms with Gasteiger partial charge in [0, 0.05) is 4.47 Å². The Morgan fingerprint density at radius 2 is 1.35 bits per heavy atom. The lowest BCUT2D eigenvalue weighted by Crippen LogP contribution is -2.21. The van der Waals surface area contributed by atoms with Crippen molar-refractivity contribution in [2.24, 2.45) is 11.8 Å². The molecule has 2 atom stereocenters. The van der Waals surface area contributed by atoms with Gasteiger partial charge in [-0.2, -0.15) is 0 Å². The van der Waals surface area contributed by atoms with Crippen molar-refractivity contribution in [3.63, 3.8) is 0 Å². The summed E-state index contributed by atoms with van der Waals surface area (Å²) in [6.07, 6.45) is 0.963. The summed E-state index contributed by atoms with van der Waals surface area (Å²) in [5, 5.41) is 19.2. The van der Waals surface area contributed by atoms with Crippen LogP contribution < -0.4 is 0 Å².